The van der Waals surface area contributed by atoms with Crippen molar-refractivity contribution >= 4 is 11.9 Å². The van der Waals surface area contributed by atoms with E-state index in [1.807, 2.05) is 24.8 Å². The van der Waals surface area contributed by atoms with Crippen molar-refractivity contribution in [2.75, 3.05) is 20.3 Å². The van der Waals surface area contributed by atoms with Crippen LogP contribution in [0.2, 0.25) is 0 Å². The van der Waals surface area contributed by atoms with Gasteiger partial charge in [-0.1, -0.05) is 24.3 Å². The number of benzene rings is 1. The molecule has 0 bridgehead atoms. The van der Waals surface area contributed by atoms with E-state index in [1.54, 1.807) is 7.11 Å². The fraction of sp³-hybridized carbons (Fsp3) is 0.478. The van der Waals surface area contributed by atoms with Crippen molar-refractivity contribution in [1.29, 1.82) is 0 Å². The van der Waals surface area contributed by atoms with Crippen LogP contribution in [0.5, 0.6) is 0 Å². The number of aryl methyl sites for hydroxylation is 2. The Morgan fingerprint density at radius 1 is 1.14 bits per heavy atom. The van der Waals surface area contributed by atoms with E-state index in [4.69, 9.17) is 9.47 Å². The number of amides is 1. The molecular weight excluding hydrogens is 368 g/mol. The van der Waals surface area contributed by atoms with Crippen molar-refractivity contribution in [2.24, 2.45) is 0 Å². The van der Waals surface area contributed by atoms with Crippen LogP contribution in [0, 0.1) is 13.8 Å². The number of hydrogen-bond donors (Lipinski definition) is 1. The molecule has 1 aromatic heterocycles. The standard InChI is InChI=1S/C23H28N2O4/c1-14-20(23(27)29-13-12-28-3)15(2)24-21(14)22(26)25(17-9-10-17)19-11-8-16-6-4-5-7-18(16)19/h4-7,17,19,24H,8-13H2,1-3H3. The highest BCUT2D eigenvalue weighted by Gasteiger charge is 2.42. The zero-order chi connectivity index (χ0) is 20.5. The molecular formula is C23H28N2O4. The minimum atomic E-state index is -0.420. The first-order valence-corrected chi connectivity index (χ1v) is 10.3. The summed E-state index contributed by atoms with van der Waals surface area (Å²) in [6.07, 6.45) is 4.02. The van der Waals surface area contributed by atoms with E-state index < -0.39 is 5.97 Å². The average Bonchev–Trinajstić information content (AvgIpc) is 3.38. The maximum absolute atomic E-state index is 13.6. The number of esters is 1. The summed E-state index contributed by atoms with van der Waals surface area (Å²) >= 11 is 0. The fourth-order valence-corrected chi connectivity index (χ4v) is 4.43. The van der Waals surface area contributed by atoms with Gasteiger partial charge in [0.25, 0.3) is 5.91 Å². The molecule has 1 atom stereocenters. The van der Waals surface area contributed by atoms with Crippen LogP contribution < -0.4 is 0 Å². The highest BCUT2D eigenvalue weighted by Crippen LogP contribution is 2.42. The van der Waals surface area contributed by atoms with Crippen LogP contribution in [0.3, 0.4) is 0 Å². The number of aromatic amines is 1. The lowest BCUT2D eigenvalue weighted by molar-refractivity contribution is 0.0387. The zero-order valence-electron chi connectivity index (χ0n) is 17.3. The van der Waals surface area contributed by atoms with E-state index in [0.717, 1.165) is 25.7 Å². The summed E-state index contributed by atoms with van der Waals surface area (Å²) in [6, 6.07) is 8.78. The van der Waals surface area contributed by atoms with E-state index in [0.29, 0.717) is 29.1 Å². The van der Waals surface area contributed by atoms with Crippen LogP contribution in [0.25, 0.3) is 0 Å². The summed E-state index contributed by atoms with van der Waals surface area (Å²) in [4.78, 5) is 31.3. The van der Waals surface area contributed by atoms with E-state index in [1.165, 1.54) is 11.1 Å². The van der Waals surface area contributed by atoms with E-state index in [2.05, 4.69) is 23.2 Å². The number of fused-ring (bicyclic) bond motifs is 1. The maximum atomic E-state index is 13.6. The number of nitrogens with one attached hydrogen (secondary N) is 1. The third-order valence-corrected chi connectivity index (χ3v) is 5.99. The first kappa shape index (κ1) is 19.7. The van der Waals surface area contributed by atoms with Gasteiger partial charge in [-0.05, 0) is 56.2 Å². The number of H-pyrrole nitrogens is 1. The number of methoxy groups -OCH3 is 1. The van der Waals surface area contributed by atoms with Gasteiger partial charge in [-0.25, -0.2) is 4.79 Å². The van der Waals surface area contributed by atoms with Crippen LogP contribution in [0.15, 0.2) is 24.3 Å². The lowest BCUT2D eigenvalue weighted by atomic mass is 10.0. The lowest BCUT2D eigenvalue weighted by Crippen LogP contribution is -2.36. The molecule has 1 N–H and O–H groups in total. The number of rotatable bonds is 7. The number of carbonyl (C=O) groups excluding carboxylic acids is 2. The Balaban J connectivity index is 1.62. The number of hydrogen-bond acceptors (Lipinski definition) is 4. The van der Waals surface area contributed by atoms with Gasteiger partial charge in [0, 0.05) is 18.8 Å². The van der Waals surface area contributed by atoms with Gasteiger partial charge in [0.15, 0.2) is 0 Å². The molecule has 0 aliphatic heterocycles. The molecule has 1 heterocycles. The monoisotopic (exact) mass is 396 g/mol. The van der Waals surface area contributed by atoms with Gasteiger partial charge in [-0.2, -0.15) is 0 Å². The lowest BCUT2D eigenvalue weighted by Gasteiger charge is -2.30. The molecule has 1 amide bonds. The van der Waals surface area contributed by atoms with Gasteiger partial charge in [-0.15, -0.1) is 0 Å². The van der Waals surface area contributed by atoms with E-state index in [-0.39, 0.29) is 24.6 Å². The molecule has 1 aromatic carbocycles. The minimum absolute atomic E-state index is 0.0225. The van der Waals surface area contributed by atoms with E-state index >= 15 is 0 Å². The Bertz CT molecular complexity index is 929. The van der Waals surface area contributed by atoms with Gasteiger partial charge >= 0.3 is 5.97 Å². The Labute approximate surface area is 171 Å². The van der Waals surface area contributed by atoms with Crippen molar-refractivity contribution in [3.63, 3.8) is 0 Å². The molecule has 0 radical (unpaired) electrons. The first-order chi connectivity index (χ1) is 14.0. The van der Waals surface area contributed by atoms with Crippen LogP contribution >= 0.6 is 0 Å². The average molecular weight is 396 g/mol. The second kappa shape index (κ2) is 8.03. The Morgan fingerprint density at radius 2 is 1.90 bits per heavy atom. The van der Waals surface area contributed by atoms with Crippen molar-refractivity contribution in [3.8, 4) is 0 Å². The minimum Gasteiger partial charge on any atom is -0.460 e. The summed E-state index contributed by atoms with van der Waals surface area (Å²) < 4.78 is 10.2. The van der Waals surface area contributed by atoms with Gasteiger partial charge < -0.3 is 19.4 Å². The molecule has 1 saturated carbocycles. The van der Waals surface area contributed by atoms with Crippen LogP contribution in [0.1, 0.15) is 68.5 Å². The summed E-state index contributed by atoms with van der Waals surface area (Å²) in [6.45, 7) is 4.16. The highest BCUT2D eigenvalue weighted by atomic mass is 16.6. The number of carbonyl (C=O) groups is 2. The molecule has 0 saturated heterocycles. The molecule has 4 rings (SSSR count). The Morgan fingerprint density at radius 3 is 2.62 bits per heavy atom. The molecule has 1 fully saturated rings. The molecule has 2 aliphatic carbocycles. The molecule has 2 aliphatic rings. The van der Waals surface area contributed by atoms with Gasteiger partial charge in [0.2, 0.25) is 0 Å². The molecule has 29 heavy (non-hydrogen) atoms. The maximum Gasteiger partial charge on any atom is 0.340 e. The van der Waals surface area contributed by atoms with Crippen molar-refractivity contribution in [1.82, 2.24) is 9.88 Å². The van der Waals surface area contributed by atoms with Crippen molar-refractivity contribution in [3.05, 3.63) is 57.9 Å². The predicted octanol–water partition coefficient (Wildman–Crippen LogP) is 3.73. The normalized spacial score (nSPS) is 17.8. The fourth-order valence-electron chi connectivity index (χ4n) is 4.43. The van der Waals surface area contributed by atoms with Crippen LogP contribution in [-0.4, -0.2) is 48.1 Å². The summed E-state index contributed by atoms with van der Waals surface area (Å²) in [7, 11) is 1.56. The molecule has 1 unspecified atom stereocenters. The van der Waals surface area contributed by atoms with Gasteiger partial charge in [0.1, 0.15) is 12.3 Å². The number of ether oxygens (including phenoxy) is 2. The van der Waals surface area contributed by atoms with Crippen LogP contribution in [-0.2, 0) is 15.9 Å². The number of nitrogens with zero attached hydrogens (tertiary/aromatic N) is 1. The molecule has 0 spiro atoms. The highest BCUT2D eigenvalue weighted by molar-refractivity contribution is 6.01. The zero-order valence-corrected chi connectivity index (χ0v) is 17.3. The molecule has 6 nitrogen and oxygen atoms in total. The van der Waals surface area contributed by atoms with Crippen molar-refractivity contribution < 1.29 is 19.1 Å². The largest absolute Gasteiger partial charge is 0.460 e. The first-order valence-electron chi connectivity index (χ1n) is 10.3. The second-order valence-corrected chi connectivity index (χ2v) is 7.95. The quantitative estimate of drug-likeness (QED) is 0.572. The molecule has 154 valence electrons. The third kappa shape index (κ3) is 3.69. The predicted molar refractivity (Wildman–Crippen MR) is 109 cm³/mol. The summed E-state index contributed by atoms with van der Waals surface area (Å²) in [5, 5.41) is 0. The Kier molecular flexibility index (Phi) is 5.46. The van der Waals surface area contributed by atoms with Gasteiger partial charge in [0.05, 0.1) is 18.2 Å². The second-order valence-electron chi connectivity index (χ2n) is 7.95. The topological polar surface area (TPSA) is 71.6 Å². The third-order valence-electron chi connectivity index (χ3n) is 5.99. The SMILES string of the molecule is COCCOC(=O)c1c(C)[nH]c(C(=O)N(C2CC2)C2CCc3ccccc32)c1C. The summed E-state index contributed by atoms with van der Waals surface area (Å²) in [5.74, 6) is -0.442. The van der Waals surface area contributed by atoms with Crippen molar-refractivity contribution in [2.45, 2.75) is 51.6 Å². The Hall–Kier alpha value is -2.60. The smallest absolute Gasteiger partial charge is 0.340 e. The summed E-state index contributed by atoms with van der Waals surface area (Å²) in [5.41, 5.74) is 4.86. The molecule has 2 aromatic rings. The molecule has 6 heteroatoms. The van der Waals surface area contributed by atoms with Crippen LogP contribution in [0.4, 0.5) is 0 Å². The number of aromatic nitrogens is 1. The van der Waals surface area contributed by atoms with Gasteiger partial charge in [-0.3, -0.25) is 4.79 Å². The van der Waals surface area contributed by atoms with E-state index in [9.17, 15) is 9.59 Å².